The van der Waals surface area contributed by atoms with Gasteiger partial charge in [-0.2, -0.15) is 0 Å². The fourth-order valence-corrected chi connectivity index (χ4v) is 3.49. The lowest BCUT2D eigenvalue weighted by atomic mass is 9.78. The van der Waals surface area contributed by atoms with Crippen LogP contribution in [0.15, 0.2) is 30.3 Å². The lowest BCUT2D eigenvalue weighted by molar-refractivity contribution is -0.149. The molecule has 4 nitrogen and oxygen atoms in total. The standard InChI is InChI=1S/C17H21NO3/c19-14(17(10-11-17)15(20)21)18-12-16(8-4-5-9-16)13-6-2-1-3-7-13/h1-3,6-7H,4-5,8-12H2,(H,18,19)(H,20,21). The molecule has 0 bridgehead atoms. The van der Waals surface area contributed by atoms with E-state index in [1.807, 2.05) is 18.2 Å². The number of carbonyl (C=O) groups is 2. The topological polar surface area (TPSA) is 66.4 Å². The van der Waals surface area contributed by atoms with E-state index in [0.29, 0.717) is 19.4 Å². The predicted octanol–water partition coefficient (Wildman–Crippen LogP) is 2.48. The van der Waals surface area contributed by atoms with Crippen molar-refractivity contribution in [3.05, 3.63) is 35.9 Å². The van der Waals surface area contributed by atoms with Gasteiger partial charge in [0.25, 0.3) is 0 Å². The summed E-state index contributed by atoms with van der Waals surface area (Å²) in [5, 5.41) is 12.1. The van der Waals surface area contributed by atoms with E-state index < -0.39 is 11.4 Å². The van der Waals surface area contributed by atoms with Crippen molar-refractivity contribution in [1.29, 1.82) is 0 Å². The van der Waals surface area contributed by atoms with Gasteiger partial charge in [0, 0.05) is 12.0 Å². The third-order valence-corrected chi connectivity index (χ3v) is 5.13. The van der Waals surface area contributed by atoms with E-state index in [4.69, 9.17) is 0 Å². The monoisotopic (exact) mass is 287 g/mol. The van der Waals surface area contributed by atoms with Crippen LogP contribution in [0.3, 0.4) is 0 Å². The normalized spacial score (nSPS) is 21.7. The highest BCUT2D eigenvalue weighted by molar-refractivity contribution is 6.04. The smallest absolute Gasteiger partial charge is 0.319 e. The maximum Gasteiger partial charge on any atom is 0.319 e. The van der Waals surface area contributed by atoms with Crippen LogP contribution < -0.4 is 5.32 Å². The molecule has 0 radical (unpaired) electrons. The van der Waals surface area contributed by atoms with E-state index in [2.05, 4.69) is 17.4 Å². The molecule has 2 aliphatic rings. The zero-order valence-corrected chi connectivity index (χ0v) is 12.1. The van der Waals surface area contributed by atoms with Crippen LogP contribution in [0.1, 0.15) is 44.1 Å². The van der Waals surface area contributed by atoms with Crippen molar-refractivity contribution in [1.82, 2.24) is 5.32 Å². The van der Waals surface area contributed by atoms with E-state index in [0.717, 1.165) is 25.7 Å². The first kappa shape index (κ1) is 14.1. The van der Waals surface area contributed by atoms with Crippen LogP contribution in [0.5, 0.6) is 0 Å². The number of rotatable bonds is 5. The average molecular weight is 287 g/mol. The summed E-state index contributed by atoms with van der Waals surface area (Å²) in [6.07, 6.45) is 5.36. The van der Waals surface area contributed by atoms with Crippen LogP contribution in [0.2, 0.25) is 0 Å². The molecule has 2 saturated carbocycles. The van der Waals surface area contributed by atoms with Crippen LogP contribution in [-0.4, -0.2) is 23.5 Å². The van der Waals surface area contributed by atoms with Gasteiger partial charge in [-0.25, -0.2) is 0 Å². The second-order valence-corrected chi connectivity index (χ2v) is 6.42. The molecular formula is C17H21NO3. The van der Waals surface area contributed by atoms with E-state index >= 15 is 0 Å². The van der Waals surface area contributed by atoms with Crippen molar-refractivity contribution in [2.75, 3.05) is 6.54 Å². The molecule has 0 unspecified atom stereocenters. The highest BCUT2D eigenvalue weighted by Gasteiger charge is 2.57. The molecule has 21 heavy (non-hydrogen) atoms. The van der Waals surface area contributed by atoms with Gasteiger partial charge in [0.15, 0.2) is 0 Å². The number of benzene rings is 1. The zero-order valence-electron chi connectivity index (χ0n) is 12.1. The minimum absolute atomic E-state index is 0.0223. The maximum atomic E-state index is 12.2. The van der Waals surface area contributed by atoms with Gasteiger partial charge < -0.3 is 10.4 Å². The predicted molar refractivity (Wildman–Crippen MR) is 78.9 cm³/mol. The number of carbonyl (C=O) groups excluding carboxylic acids is 1. The number of amides is 1. The Balaban J connectivity index is 1.73. The molecule has 2 fully saturated rings. The van der Waals surface area contributed by atoms with E-state index in [9.17, 15) is 14.7 Å². The van der Waals surface area contributed by atoms with Gasteiger partial charge in [0.1, 0.15) is 5.41 Å². The number of aliphatic carboxylic acids is 1. The zero-order chi connectivity index (χ0) is 14.9. The molecule has 3 rings (SSSR count). The summed E-state index contributed by atoms with van der Waals surface area (Å²) >= 11 is 0. The first-order chi connectivity index (χ1) is 10.1. The third-order valence-electron chi connectivity index (χ3n) is 5.13. The molecule has 0 heterocycles. The summed E-state index contributed by atoms with van der Waals surface area (Å²) in [6.45, 7) is 0.547. The third kappa shape index (κ3) is 2.43. The Bertz CT molecular complexity index is 542. The van der Waals surface area contributed by atoms with Gasteiger partial charge >= 0.3 is 5.97 Å². The van der Waals surface area contributed by atoms with E-state index in [1.165, 1.54) is 5.56 Å². The quantitative estimate of drug-likeness (QED) is 0.818. The Morgan fingerprint density at radius 1 is 1.05 bits per heavy atom. The SMILES string of the molecule is O=C(O)C1(C(=O)NCC2(c3ccccc3)CCCC2)CC1. The van der Waals surface area contributed by atoms with Crippen LogP contribution in [-0.2, 0) is 15.0 Å². The lowest BCUT2D eigenvalue weighted by Gasteiger charge is -2.30. The van der Waals surface area contributed by atoms with Crippen molar-refractivity contribution in [3.63, 3.8) is 0 Å². The Labute approximate surface area is 124 Å². The van der Waals surface area contributed by atoms with Crippen molar-refractivity contribution >= 4 is 11.9 Å². The maximum absolute atomic E-state index is 12.2. The molecule has 4 heteroatoms. The minimum atomic E-state index is -1.14. The molecule has 2 aliphatic carbocycles. The van der Waals surface area contributed by atoms with Gasteiger partial charge in [-0.05, 0) is 31.2 Å². The fourth-order valence-electron chi connectivity index (χ4n) is 3.49. The van der Waals surface area contributed by atoms with Crippen LogP contribution >= 0.6 is 0 Å². The largest absolute Gasteiger partial charge is 0.480 e. The molecule has 1 aromatic rings. The fraction of sp³-hybridized carbons (Fsp3) is 0.529. The number of carboxylic acids is 1. The number of nitrogens with one attached hydrogen (secondary N) is 1. The lowest BCUT2D eigenvalue weighted by Crippen LogP contribution is -2.44. The molecule has 0 saturated heterocycles. The second-order valence-electron chi connectivity index (χ2n) is 6.42. The van der Waals surface area contributed by atoms with Gasteiger partial charge in [-0.3, -0.25) is 9.59 Å². The summed E-state index contributed by atoms with van der Waals surface area (Å²) < 4.78 is 0. The van der Waals surface area contributed by atoms with Crippen molar-refractivity contribution in [2.24, 2.45) is 5.41 Å². The summed E-state index contributed by atoms with van der Waals surface area (Å²) in [5.74, 6) is -1.29. The van der Waals surface area contributed by atoms with Gasteiger partial charge in [0.2, 0.25) is 5.91 Å². The van der Waals surface area contributed by atoms with Crippen molar-refractivity contribution in [3.8, 4) is 0 Å². The molecule has 0 atom stereocenters. The van der Waals surface area contributed by atoms with E-state index in [1.54, 1.807) is 0 Å². The summed E-state index contributed by atoms with van der Waals surface area (Å²) in [7, 11) is 0. The Kier molecular flexibility index (Phi) is 3.47. The molecule has 2 N–H and O–H groups in total. The van der Waals surface area contributed by atoms with E-state index in [-0.39, 0.29) is 11.3 Å². The molecule has 0 spiro atoms. The molecule has 1 aromatic carbocycles. The molecule has 1 amide bonds. The first-order valence-corrected chi connectivity index (χ1v) is 7.66. The van der Waals surface area contributed by atoms with Gasteiger partial charge in [-0.1, -0.05) is 43.2 Å². The van der Waals surface area contributed by atoms with Crippen molar-refractivity contribution < 1.29 is 14.7 Å². The van der Waals surface area contributed by atoms with Crippen LogP contribution in [0.25, 0.3) is 0 Å². The van der Waals surface area contributed by atoms with Gasteiger partial charge in [0.05, 0.1) is 0 Å². The molecule has 112 valence electrons. The number of hydrogen-bond donors (Lipinski definition) is 2. The summed E-state index contributed by atoms with van der Waals surface area (Å²) in [6, 6.07) is 10.3. The van der Waals surface area contributed by atoms with Gasteiger partial charge in [-0.15, -0.1) is 0 Å². The summed E-state index contributed by atoms with van der Waals surface area (Å²) in [4.78, 5) is 23.4. The Morgan fingerprint density at radius 3 is 2.19 bits per heavy atom. The number of carboxylic acid groups (broad SMARTS) is 1. The first-order valence-electron chi connectivity index (χ1n) is 7.66. The van der Waals surface area contributed by atoms with Crippen LogP contribution in [0, 0.1) is 5.41 Å². The van der Waals surface area contributed by atoms with Crippen molar-refractivity contribution in [2.45, 2.75) is 43.9 Å². The Hall–Kier alpha value is -1.84. The highest BCUT2D eigenvalue weighted by atomic mass is 16.4. The molecule has 0 aliphatic heterocycles. The molecular weight excluding hydrogens is 266 g/mol. The second kappa shape index (κ2) is 5.17. The average Bonchev–Trinajstić information content (AvgIpc) is 3.19. The Morgan fingerprint density at radius 2 is 1.67 bits per heavy atom. The number of hydrogen-bond acceptors (Lipinski definition) is 2. The summed E-state index contributed by atoms with van der Waals surface area (Å²) in [5.41, 5.74) is 0.0881. The highest BCUT2D eigenvalue weighted by Crippen LogP contribution is 2.47. The van der Waals surface area contributed by atoms with Crippen LogP contribution in [0.4, 0.5) is 0 Å². The minimum Gasteiger partial charge on any atom is -0.480 e. The molecule has 0 aromatic heterocycles.